The van der Waals surface area contributed by atoms with E-state index in [1.54, 1.807) is 0 Å². The zero-order valence-electron chi connectivity index (χ0n) is 16.0. The van der Waals surface area contributed by atoms with E-state index in [1.807, 2.05) is 46.2 Å². The van der Waals surface area contributed by atoms with E-state index in [0.717, 1.165) is 12.8 Å². The molecule has 0 unspecified atom stereocenters. The van der Waals surface area contributed by atoms with Gasteiger partial charge in [-0.1, -0.05) is 60.7 Å². The van der Waals surface area contributed by atoms with Crippen LogP contribution < -0.4 is 0 Å². The minimum absolute atomic E-state index is 0.135. The molecule has 144 valence electrons. The maximum atomic E-state index is 12.8. The van der Waals surface area contributed by atoms with Gasteiger partial charge in [-0.05, 0) is 35.8 Å². The molecule has 3 aliphatic rings. The van der Waals surface area contributed by atoms with E-state index in [2.05, 4.69) is 24.3 Å². The summed E-state index contributed by atoms with van der Waals surface area (Å²) in [6.07, 6.45) is 1.92. The van der Waals surface area contributed by atoms with Gasteiger partial charge in [0.25, 0.3) is 0 Å². The van der Waals surface area contributed by atoms with Gasteiger partial charge in [-0.25, -0.2) is 0 Å². The number of nitrogens with zero attached hydrogens (tertiary/aromatic N) is 2. The molecule has 0 bridgehead atoms. The van der Waals surface area contributed by atoms with E-state index in [9.17, 15) is 9.59 Å². The molecule has 1 heterocycles. The van der Waals surface area contributed by atoms with Crippen molar-refractivity contribution in [1.29, 1.82) is 0 Å². The minimum Gasteiger partial charge on any atom is -0.339 e. The van der Waals surface area contributed by atoms with Crippen LogP contribution in [0.2, 0.25) is 0 Å². The van der Waals surface area contributed by atoms with Gasteiger partial charge in [0.05, 0.1) is 0 Å². The van der Waals surface area contributed by atoms with Crippen LogP contribution in [0.25, 0.3) is 0 Å². The predicted molar refractivity (Wildman–Crippen MR) is 108 cm³/mol. The molecule has 0 spiro atoms. The SMILES string of the molecule is O=C([C@@H]1C[C@@H]1c1ccccc1)N1CCN(C(=O)[C@@H]2C[C@@H]2c2ccccc2)CC1. The maximum absolute atomic E-state index is 12.8. The molecule has 0 N–H and O–H groups in total. The van der Waals surface area contributed by atoms with Crippen LogP contribution in [-0.4, -0.2) is 47.8 Å². The van der Waals surface area contributed by atoms with Gasteiger partial charge < -0.3 is 9.80 Å². The number of benzene rings is 2. The van der Waals surface area contributed by atoms with Gasteiger partial charge in [-0.15, -0.1) is 0 Å². The maximum Gasteiger partial charge on any atom is 0.226 e. The highest BCUT2D eigenvalue weighted by atomic mass is 16.2. The lowest BCUT2D eigenvalue weighted by Crippen LogP contribution is -2.51. The summed E-state index contributed by atoms with van der Waals surface area (Å²) in [4.78, 5) is 29.6. The normalized spacial score (nSPS) is 28.7. The molecule has 1 saturated heterocycles. The highest BCUT2D eigenvalue weighted by molar-refractivity contribution is 5.85. The van der Waals surface area contributed by atoms with Gasteiger partial charge >= 0.3 is 0 Å². The van der Waals surface area contributed by atoms with Gasteiger partial charge in [0.15, 0.2) is 0 Å². The Labute approximate surface area is 166 Å². The molecule has 5 rings (SSSR count). The quantitative estimate of drug-likeness (QED) is 0.824. The Morgan fingerprint density at radius 3 is 1.32 bits per heavy atom. The van der Waals surface area contributed by atoms with Crippen LogP contribution in [0.4, 0.5) is 0 Å². The fourth-order valence-electron chi connectivity index (χ4n) is 4.69. The Hall–Kier alpha value is -2.62. The van der Waals surface area contributed by atoms with Crippen molar-refractivity contribution >= 4 is 11.8 Å². The molecule has 0 aromatic heterocycles. The highest BCUT2D eigenvalue weighted by Crippen LogP contribution is 2.49. The summed E-state index contributed by atoms with van der Waals surface area (Å²) in [6.45, 7) is 2.69. The Morgan fingerprint density at radius 1 is 0.607 bits per heavy atom. The first-order valence-corrected chi connectivity index (χ1v) is 10.4. The van der Waals surface area contributed by atoms with E-state index in [4.69, 9.17) is 0 Å². The number of hydrogen-bond donors (Lipinski definition) is 0. The lowest BCUT2D eigenvalue weighted by molar-refractivity contribution is -0.141. The molecule has 0 radical (unpaired) electrons. The number of carbonyl (C=O) groups is 2. The van der Waals surface area contributed by atoms with Crippen LogP contribution in [0.5, 0.6) is 0 Å². The first-order valence-electron chi connectivity index (χ1n) is 10.4. The lowest BCUT2D eigenvalue weighted by Gasteiger charge is -2.35. The molecule has 4 atom stereocenters. The average Bonchev–Trinajstić information content (AvgIpc) is 3.68. The highest BCUT2D eigenvalue weighted by Gasteiger charge is 2.48. The summed E-state index contributed by atoms with van der Waals surface area (Å²) in [6, 6.07) is 20.7. The number of amides is 2. The van der Waals surface area contributed by atoms with E-state index >= 15 is 0 Å². The molecule has 2 saturated carbocycles. The first kappa shape index (κ1) is 17.5. The summed E-state index contributed by atoms with van der Waals surface area (Å²) in [5, 5.41) is 0. The summed E-state index contributed by atoms with van der Waals surface area (Å²) in [5.74, 6) is 1.58. The van der Waals surface area contributed by atoms with Gasteiger partial charge in [0, 0.05) is 38.0 Å². The monoisotopic (exact) mass is 374 g/mol. The summed E-state index contributed by atoms with van der Waals surface area (Å²) in [5.41, 5.74) is 2.55. The first-order chi connectivity index (χ1) is 13.7. The van der Waals surface area contributed by atoms with Crippen molar-refractivity contribution in [2.45, 2.75) is 24.7 Å². The molecule has 2 amide bonds. The predicted octanol–water partition coefficient (Wildman–Crippen LogP) is 3.26. The van der Waals surface area contributed by atoms with E-state index in [-0.39, 0.29) is 23.7 Å². The van der Waals surface area contributed by atoms with E-state index in [0.29, 0.717) is 38.0 Å². The van der Waals surface area contributed by atoms with Crippen LogP contribution in [-0.2, 0) is 9.59 Å². The Bertz CT molecular complexity index is 785. The van der Waals surface area contributed by atoms with Crippen molar-refractivity contribution < 1.29 is 9.59 Å². The number of rotatable bonds is 4. The Balaban J connectivity index is 1.12. The van der Waals surface area contributed by atoms with Crippen LogP contribution in [0.3, 0.4) is 0 Å². The minimum atomic E-state index is 0.135. The third-order valence-corrected chi connectivity index (χ3v) is 6.57. The van der Waals surface area contributed by atoms with Gasteiger partial charge in [0.2, 0.25) is 11.8 Å². The van der Waals surface area contributed by atoms with Crippen molar-refractivity contribution in [2.75, 3.05) is 26.2 Å². The molecule has 2 aliphatic carbocycles. The second-order valence-corrected chi connectivity index (χ2v) is 8.37. The van der Waals surface area contributed by atoms with Crippen molar-refractivity contribution in [3.05, 3.63) is 71.8 Å². The molecule has 1 aliphatic heterocycles. The largest absolute Gasteiger partial charge is 0.339 e. The second-order valence-electron chi connectivity index (χ2n) is 8.37. The van der Waals surface area contributed by atoms with Crippen LogP contribution in [0, 0.1) is 11.8 Å². The van der Waals surface area contributed by atoms with Crippen molar-refractivity contribution in [2.24, 2.45) is 11.8 Å². The van der Waals surface area contributed by atoms with Gasteiger partial charge in [0.1, 0.15) is 0 Å². The fraction of sp³-hybridized carbons (Fsp3) is 0.417. The summed E-state index contributed by atoms with van der Waals surface area (Å²) >= 11 is 0. The summed E-state index contributed by atoms with van der Waals surface area (Å²) in [7, 11) is 0. The zero-order valence-corrected chi connectivity index (χ0v) is 16.0. The smallest absolute Gasteiger partial charge is 0.226 e. The average molecular weight is 374 g/mol. The van der Waals surface area contributed by atoms with E-state index < -0.39 is 0 Å². The molecular formula is C24H26N2O2. The molecule has 2 aromatic carbocycles. The standard InChI is InChI=1S/C24H26N2O2/c27-23(21-15-19(21)17-7-3-1-4-8-17)25-11-13-26(14-12-25)24(28)22-16-20(22)18-9-5-2-6-10-18/h1-10,19-22H,11-16H2/t19-,20-,21-,22-/m1/s1. The molecule has 4 nitrogen and oxygen atoms in total. The fourth-order valence-corrected chi connectivity index (χ4v) is 4.69. The van der Waals surface area contributed by atoms with Crippen molar-refractivity contribution in [3.8, 4) is 0 Å². The van der Waals surface area contributed by atoms with E-state index in [1.165, 1.54) is 11.1 Å². The Morgan fingerprint density at radius 2 is 0.964 bits per heavy atom. The third-order valence-electron chi connectivity index (χ3n) is 6.57. The molecular weight excluding hydrogens is 348 g/mol. The van der Waals surface area contributed by atoms with Crippen LogP contribution in [0.15, 0.2) is 60.7 Å². The number of carbonyl (C=O) groups excluding carboxylic acids is 2. The van der Waals surface area contributed by atoms with Crippen LogP contribution in [0.1, 0.15) is 35.8 Å². The zero-order chi connectivity index (χ0) is 19.1. The second kappa shape index (κ2) is 7.08. The molecule has 4 heteroatoms. The third kappa shape index (κ3) is 3.32. The Kier molecular flexibility index (Phi) is 4.42. The van der Waals surface area contributed by atoms with Crippen molar-refractivity contribution in [1.82, 2.24) is 9.80 Å². The van der Waals surface area contributed by atoms with Crippen LogP contribution >= 0.6 is 0 Å². The van der Waals surface area contributed by atoms with Crippen molar-refractivity contribution in [3.63, 3.8) is 0 Å². The topological polar surface area (TPSA) is 40.6 Å². The molecule has 28 heavy (non-hydrogen) atoms. The van der Waals surface area contributed by atoms with Gasteiger partial charge in [-0.2, -0.15) is 0 Å². The van der Waals surface area contributed by atoms with Gasteiger partial charge in [-0.3, -0.25) is 9.59 Å². The number of piperazine rings is 1. The number of hydrogen-bond acceptors (Lipinski definition) is 2. The lowest BCUT2D eigenvalue weighted by atomic mass is 10.1. The summed E-state index contributed by atoms with van der Waals surface area (Å²) < 4.78 is 0. The molecule has 2 aromatic rings. The molecule has 3 fully saturated rings.